The molecule has 1 saturated heterocycles. The fourth-order valence-corrected chi connectivity index (χ4v) is 5.16. The van der Waals surface area contributed by atoms with Gasteiger partial charge in [0.25, 0.3) is 0 Å². The number of aromatic nitrogens is 2. The summed E-state index contributed by atoms with van der Waals surface area (Å²) in [5, 5.41) is 3.19. The van der Waals surface area contributed by atoms with Gasteiger partial charge in [-0.3, -0.25) is 0 Å². The third-order valence-electron chi connectivity index (χ3n) is 7.13. The number of hydrogen-bond donors (Lipinski definition) is 2. The Morgan fingerprint density at radius 1 is 1.11 bits per heavy atom. The van der Waals surface area contributed by atoms with Gasteiger partial charge in [0.15, 0.2) is 0 Å². The lowest BCUT2D eigenvalue weighted by atomic mass is 10.0. The number of benzene rings is 3. The molecule has 1 fully saturated rings. The van der Waals surface area contributed by atoms with E-state index in [-0.39, 0.29) is 12.1 Å². The van der Waals surface area contributed by atoms with Gasteiger partial charge in [0, 0.05) is 24.7 Å². The van der Waals surface area contributed by atoms with E-state index < -0.39 is 0 Å². The van der Waals surface area contributed by atoms with Gasteiger partial charge in [0.1, 0.15) is 11.6 Å². The number of carbonyl (C=O) groups is 1. The van der Waals surface area contributed by atoms with E-state index in [4.69, 9.17) is 4.74 Å². The van der Waals surface area contributed by atoms with E-state index in [2.05, 4.69) is 70.7 Å². The van der Waals surface area contributed by atoms with Crippen LogP contribution < -0.4 is 10.1 Å². The van der Waals surface area contributed by atoms with Crippen LogP contribution in [-0.4, -0.2) is 40.1 Å². The minimum atomic E-state index is -0.00213. The highest BCUT2D eigenvalue weighted by Gasteiger charge is 2.28. The fourth-order valence-electron chi connectivity index (χ4n) is 5.16. The Hall–Kier alpha value is -3.80. The Bertz CT molecular complexity index is 1350. The molecule has 0 spiro atoms. The summed E-state index contributed by atoms with van der Waals surface area (Å²) in [7, 11) is 0. The molecule has 4 aromatic rings. The molecular weight excluding hydrogens is 460 g/mol. The molecule has 3 aromatic carbocycles. The fraction of sp³-hybridized carbons (Fsp3) is 0.355. The zero-order valence-corrected chi connectivity index (χ0v) is 21.8. The number of carbonyl (C=O) groups excluding carboxylic acids is 1. The van der Waals surface area contributed by atoms with Gasteiger partial charge in [-0.05, 0) is 73.6 Å². The number of amides is 2. The van der Waals surface area contributed by atoms with Crippen molar-refractivity contribution in [2.75, 3.05) is 13.2 Å². The average Bonchev–Trinajstić information content (AvgIpc) is 3.53. The second kappa shape index (κ2) is 11.5. The van der Waals surface area contributed by atoms with Crippen molar-refractivity contribution in [1.82, 2.24) is 20.2 Å². The van der Waals surface area contributed by atoms with Crippen LogP contribution in [0.25, 0.3) is 22.2 Å². The minimum Gasteiger partial charge on any atom is -0.493 e. The normalized spacial score (nSPS) is 15.3. The molecule has 1 unspecified atom stereocenters. The molecule has 1 aromatic heterocycles. The number of likely N-dealkylation sites (tertiary alicyclic amines) is 1. The zero-order chi connectivity index (χ0) is 25.6. The molecule has 1 atom stereocenters. The van der Waals surface area contributed by atoms with Gasteiger partial charge in [-0.1, -0.05) is 55.8 Å². The lowest BCUT2D eigenvalue weighted by Crippen LogP contribution is -2.43. The minimum absolute atomic E-state index is 0.00213. The molecule has 0 bridgehead atoms. The topological polar surface area (TPSA) is 70.2 Å². The van der Waals surface area contributed by atoms with Crippen LogP contribution in [0.4, 0.5) is 4.79 Å². The van der Waals surface area contributed by atoms with E-state index in [1.54, 1.807) is 0 Å². The smallest absolute Gasteiger partial charge is 0.317 e. The van der Waals surface area contributed by atoms with Gasteiger partial charge in [-0.2, -0.15) is 0 Å². The number of fused-ring (bicyclic) bond motifs is 1. The standard InChI is InChI=1S/C31H36N4O2/c1-3-4-17-37-30-15-13-24(25-12-14-28-29(20-25)34-22(2)33-28)19-26(30)21-32-31(36)35-16-8-11-27(35)18-23-9-6-5-7-10-23/h5-7,9-10,12-15,19-20,27H,3-4,8,11,16-18,21H2,1-2H3,(H,32,36)(H,33,34). The summed E-state index contributed by atoms with van der Waals surface area (Å²) in [5.41, 5.74) is 6.43. The van der Waals surface area contributed by atoms with Crippen LogP contribution >= 0.6 is 0 Å². The van der Waals surface area contributed by atoms with Crippen molar-refractivity contribution in [3.8, 4) is 16.9 Å². The van der Waals surface area contributed by atoms with Crippen LogP contribution in [0.3, 0.4) is 0 Å². The number of imidazole rings is 1. The average molecular weight is 497 g/mol. The van der Waals surface area contributed by atoms with E-state index in [0.29, 0.717) is 13.2 Å². The van der Waals surface area contributed by atoms with Crippen LogP contribution in [0.15, 0.2) is 66.7 Å². The van der Waals surface area contributed by atoms with Gasteiger partial charge in [-0.25, -0.2) is 9.78 Å². The Labute approximate surface area is 219 Å². The van der Waals surface area contributed by atoms with Crippen LogP contribution in [0, 0.1) is 6.92 Å². The summed E-state index contributed by atoms with van der Waals surface area (Å²) in [6.07, 6.45) is 5.05. The van der Waals surface area contributed by atoms with Crippen molar-refractivity contribution in [3.05, 3.63) is 83.7 Å². The van der Waals surface area contributed by atoms with Crippen LogP contribution in [0.5, 0.6) is 5.75 Å². The number of aryl methyl sites for hydroxylation is 1. The number of unbranched alkanes of at least 4 members (excludes halogenated alkanes) is 1. The van der Waals surface area contributed by atoms with Crippen molar-refractivity contribution in [1.29, 1.82) is 0 Å². The highest BCUT2D eigenvalue weighted by atomic mass is 16.5. The molecule has 6 heteroatoms. The number of H-pyrrole nitrogens is 1. The Balaban J connectivity index is 1.32. The SMILES string of the molecule is CCCCOc1ccc(-c2ccc3nc(C)[nH]c3c2)cc1CNC(=O)N1CCCC1Cc1ccccc1. The summed E-state index contributed by atoms with van der Waals surface area (Å²) in [5.74, 6) is 1.74. The quantitative estimate of drug-likeness (QED) is 0.255. The maximum Gasteiger partial charge on any atom is 0.317 e. The number of ether oxygens (including phenoxy) is 1. The molecule has 1 aliphatic heterocycles. The summed E-state index contributed by atoms with van der Waals surface area (Å²) < 4.78 is 6.12. The molecule has 192 valence electrons. The number of nitrogens with zero attached hydrogens (tertiary/aromatic N) is 2. The van der Waals surface area contributed by atoms with Gasteiger partial charge in [0.05, 0.1) is 17.6 Å². The first-order valence-corrected chi connectivity index (χ1v) is 13.4. The predicted molar refractivity (Wildman–Crippen MR) is 149 cm³/mol. The molecule has 2 heterocycles. The lowest BCUT2D eigenvalue weighted by Gasteiger charge is -2.25. The second-order valence-electron chi connectivity index (χ2n) is 9.92. The number of hydrogen-bond acceptors (Lipinski definition) is 3. The summed E-state index contributed by atoms with van der Waals surface area (Å²) in [6, 6.07) is 23.2. The lowest BCUT2D eigenvalue weighted by molar-refractivity contribution is 0.191. The van der Waals surface area contributed by atoms with E-state index in [1.165, 1.54) is 5.56 Å². The summed E-state index contributed by atoms with van der Waals surface area (Å²) >= 11 is 0. The third-order valence-corrected chi connectivity index (χ3v) is 7.13. The molecule has 1 aliphatic rings. The van der Waals surface area contributed by atoms with E-state index in [0.717, 1.165) is 77.9 Å². The summed E-state index contributed by atoms with van der Waals surface area (Å²) in [6.45, 7) is 6.01. The maximum atomic E-state index is 13.3. The van der Waals surface area contributed by atoms with Gasteiger partial charge < -0.3 is 19.9 Å². The van der Waals surface area contributed by atoms with Crippen molar-refractivity contribution in [2.24, 2.45) is 0 Å². The van der Waals surface area contributed by atoms with Crippen LogP contribution in [-0.2, 0) is 13.0 Å². The van der Waals surface area contributed by atoms with E-state index in [1.807, 2.05) is 30.0 Å². The van der Waals surface area contributed by atoms with Crippen molar-refractivity contribution in [3.63, 3.8) is 0 Å². The van der Waals surface area contributed by atoms with Crippen LogP contribution in [0.2, 0.25) is 0 Å². The second-order valence-corrected chi connectivity index (χ2v) is 9.92. The third kappa shape index (κ3) is 5.96. The monoisotopic (exact) mass is 496 g/mol. The molecular formula is C31H36N4O2. The Morgan fingerprint density at radius 2 is 1.92 bits per heavy atom. The van der Waals surface area contributed by atoms with Gasteiger partial charge in [-0.15, -0.1) is 0 Å². The van der Waals surface area contributed by atoms with E-state index in [9.17, 15) is 4.79 Å². The highest BCUT2D eigenvalue weighted by Crippen LogP contribution is 2.29. The molecule has 2 amide bonds. The molecule has 6 nitrogen and oxygen atoms in total. The van der Waals surface area contributed by atoms with Gasteiger partial charge >= 0.3 is 6.03 Å². The predicted octanol–water partition coefficient (Wildman–Crippen LogP) is 6.63. The molecule has 5 rings (SSSR count). The molecule has 2 N–H and O–H groups in total. The summed E-state index contributed by atoms with van der Waals surface area (Å²) in [4.78, 5) is 23.1. The van der Waals surface area contributed by atoms with Crippen molar-refractivity contribution >= 4 is 17.1 Å². The maximum absolute atomic E-state index is 13.3. The highest BCUT2D eigenvalue weighted by molar-refractivity contribution is 5.82. The van der Waals surface area contributed by atoms with Crippen LogP contribution in [0.1, 0.15) is 49.6 Å². The molecule has 0 saturated carbocycles. The van der Waals surface area contributed by atoms with E-state index >= 15 is 0 Å². The first-order valence-electron chi connectivity index (χ1n) is 13.4. The number of nitrogens with one attached hydrogen (secondary N) is 2. The molecule has 0 aliphatic carbocycles. The Morgan fingerprint density at radius 3 is 2.76 bits per heavy atom. The van der Waals surface area contributed by atoms with Gasteiger partial charge in [0.2, 0.25) is 0 Å². The zero-order valence-electron chi connectivity index (χ0n) is 21.8. The first kappa shape index (κ1) is 24.9. The number of urea groups is 1. The number of rotatable bonds is 9. The first-order chi connectivity index (χ1) is 18.1. The Kier molecular flexibility index (Phi) is 7.73. The molecule has 0 radical (unpaired) electrons. The van der Waals surface area contributed by atoms with Crippen molar-refractivity contribution < 1.29 is 9.53 Å². The number of aromatic amines is 1. The van der Waals surface area contributed by atoms with Crippen molar-refractivity contribution in [2.45, 2.75) is 58.5 Å². The largest absolute Gasteiger partial charge is 0.493 e. The molecule has 37 heavy (non-hydrogen) atoms.